The van der Waals surface area contributed by atoms with E-state index in [2.05, 4.69) is 46.6 Å². The van der Waals surface area contributed by atoms with Gasteiger partial charge in [-0.05, 0) is 112 Å². The molecule has 46 heavy (non-hydrogen) atoms. The molecule has 0 saturated heterocycles. The van der Waals surface area contributed by atoms with Crippen molar-refractivity contribution in [3.05, 3.63) is 98.1 Å². The summed E-state index contributed by atoms with van der Waals surface area (Å²) in [5.41, 5.74) is 8.86. The lowest BCUT2D eigenvalue weighted by Gasteiger charge is -2.23. The summed E-state index contributed by atoms with van der Waals surface area (Å²) < 4.78 is 1.80. The number of hydrogen-bond acceptors (Lipinski definition) is 5. The number of pyridine rings is 1. The van der Waals surface area contributed by atoms with E-state index in [0.29, 0.717) is 17.7 Å². The molecular weight excluding hydrogens is 578 g/mol. The second-order valence-electron chi connectivity index (χ2n) is 13.2. The summed E-state index contributed by atoms with van der Waals surface area (Å²) in [4.78, 5) is 43.4. The lowest BCUT2D eigenvalue weighted by atomic mass is 9.91. The van der Waals surface area contributed by atoms with Gasteiger partial charge in [-0.1, -0.05) is 25.5 Å². The highest BCUT2D eigenvalue weighted by Gasteiger charge is 2.31. The first-order chi connectivity index (χ1) is 21.6. The van der Waals surface area contributed by atoms with E-state index in [1.807, 2.05) is 50.9 Å². The lowest BCUT2D eigenvalue weighted by molar-refractivity contribution is -0.131. The summed E-state index contributed by atoms with van der Waals surface area (Å²) in [7, 11) is 1.88. The van der Waals surface area contributed by atoms with Crippen molar-refractivity contribution in [3.8, 4) is 22.4 Å². The highest BCUT2D eigenvalue weighted by Crippen LogP contribution is 2.40. The number of aryl methyl sites for hydroxylation is 3. The third kappa shape index (κ3) is 7.83. The van der Waals surface area contributed by atoms with E-state index in [1.54, 1.807) is 38.6 Å². The fourth-order valence-corrected chi connectivity index (χ4v) is 6.01. The van der Waals surface area contributed by atoms with Gasteiger partial charge in [0.2, 0.25) is 5.91 Å². The molecule has 4 aromatic rings. The smallest absolute Gasteiger partial charge is 0.253 e. The van der Waals surface area contributed by atoms with Crippen LogP contribution in [0.3, 0.4) is 0 Å². The van der Waals surface area contributed by atoms with Gasteiger partial charge in [0.1, 0.15) is 0 Å². The number of H-pyrrole nitrogens is 1. The van der Waals surface area contributed by atoms with Gasteiger partial charge in [0.05, 0.1) is 17.3 Å². The van der Waals surface area contributed by atoms with E-state index < -0.39 is 5.60 Å². The summed E-state index contributed by atoms with van der Waals surface area (Å²) in [6.45, 7) is 15.4. The number of hydrogen-bond donors (Lipinski definition) is 3. The van der Waals surface area contributed by atoms with Crippen LogP contribution in [-0.4, -0.2) is 42.2 Å². The molecular formula is C37H47N5O4. The van der Waals surface area contributed by atoms with E-state index in [1.165, 1.54) is 5.56 Å². The van der Waals surface area contributed by atoms with Crippen LogP contribution in [0.25, 0.3) is 22.4 Å². The Morgan fingerprint density at radius 3 is 2.35 bits per heavy atom. The average Bonchev–Trinajstić information content (AvgIpc) is 3.55. The number of nitrogens with one attached hydrogen (secondary N) is 2. The number of fused-ring (bicyclic) bond motifs is 1. The molecule has 1 aliphatic heterocycles. The third-order valence-corrected chi connectivity index (χ3v) is 8.19. The molecule has 244 valence electrons. The van der Waals surface area contributed by atoms with Crippen LogP contribution in [0.15, 0.2) is 53.5 Å². The maximum absolute atomic E-state index is 13.6. The summed E-state index contributed by atoms with van der Waals surface area (Å²) in [5, 5.41) is 15.8. The largest absolute Gasteiger partial charge is 0.391 e. The molecule has 0 radical (unpaired) electrons. The molecule has 0 fully saturated rings. The van der Waals surface area contributed by atoms with E-state index in [0.717, 1.165) is 57.6 Å². The number of benzene rings is 2. The van der Waals surface area contributed by atoms with Gasteiger partial charge >= 0.3 is 0 Å². The molecule has 2 aromatic heterocycles. The second-order valence-corrected chi connectivity index (χ2v) is 13.2. The molecule has 9 heteroatoms. The average molecular weight is 626 g/mol. The minimum atomic E-state index is -0.500. The first-order valence-electron chi connectivity index (χ1n) is 15.8. The molecule has 3 heterocycles. The molecule has 3 N–H and O–H groups in total. The molecule has 5 rings (SSSR count). The predicted molar refractivity (Wildman–Crippen MR) is 182 cm³/mol. The van der Waals surface area contributed by atoms with Crippen LogP contribution in [0.1, 0.15) is 97.4 Å². The Morgan fingerprint density at radius 1 is 1.07 bits per heavy atom. The quantitative estimate of drug-likeness (QED) is 0.223. The van der Waals surface area contributed by atoms with Crippen molar-refractivity contribution in [2.24, 2.45) is 7.05 Å². The van der Waals surface area contributed by atoms with Gasteiger partial charge in [-0.25, -0.2) is 0 Å². The Kier molecular flexibility index (Phi) is 10.4. The van der Waals surface area contributed by atoms with Crippen LogP contribution in [-0.2, 0) is 24.9 Å². The lowest BCUT2D eigenvalue weighted by Crippen LogP contribution is -2.28. The fraction of sp³-hybridized carbons (Fsp3) is 0.405. The number of rotatable bonds is 7. The van der Waals surface area contributed by atoms with Crippen LogP contribution in [0, 0.1) is 20.8 Å². The molecule has 0 aliphatic carbocycles. The normalized spacial score (nSPS) is 14.0. The van der Waals surface area contributed by atoms with Gasteiger partial charge in [0, 0.05) is 55.6 Å². The maximum atomic E-state index is 13.6. The Hall–Kier alpha value is -4.50. The Morgan fingerprint density at radius 2 is 1.76 bits per heavy atom. The fourth-order valence-electron chi connectivity index (χ4n) is 6.01. The summed E-state index contributed by atoms with van der Waals surface area (Å²) >= 11 is 0. The van der Waals surface area contributed by atoms with Crippen molar-refractivity contribution < 1.29 is 14.7 Å². The Bertz CT molecular complexity index is 1810. The monoisotopic (exact) mass is 625 g/mol. The van der Waals surface area contributed by atoms with Gasteiger partial charge in [0.15, 0.2) is 0 Å². The standard InChI is InChI=1S/C33H37N5O3.C4H10O/c1-7-8-31-26-10-9-23(14-25(26)18-38(31)22(5)39)24-15-27(30-11-12-35-37(30)6)21(4)28(16-24)32(40)34-17-29-19(2)13-20(3)36-33(29)41;1-4(2,3)5/h9-16,31H,7-8,17-18H2,1-6H3,(H,34,40)(H,36,41);5H,1-3H3. The number of nitrogens with zero attached hydrogens (tertiary/aromatic N) is 3. The van der Waals surface area contributed by atoms with Gasteiger partial charge in [-0.3, -0.25) is 19.1 Å². The number of carbonyl (C=O) groups is 2. The van der Waals surface area contributed by atoms with Crippen LogP contribution in [0.5, 0.6) is 0 Å². The third-order valence-electron chi connectivity index (χ3n) is 8.19. The van der Waals surface area contributed by atoms with E-state index in [4.69, 9.17) is 5.11 Å². The van der Waals surface area contributed by atoms with Crippen LogP contribution >= 0.6 is 0 Å². The zero-order valence-corrected chi connectivity index (χ0v) is 28.5. The van der Waals surface area contributed by atoms with Gasteiger partial charge < -0.3 is 20.3 Å². The first kappa shape index (κ1) is 34.4. The topological polar surface area (TPSA) is 120 Å². The summed E-state index contributed by atoms with van der Waals surface area (Å²) in [5.74, 6) is -0.171. The highest BCUT2D eigenvalue weighted by atomic mass is 16.3. The molecule has 0 saturated carbocycles. The van der Waals surface area contributed by atoms with Crippen LogP contribution < -0.4 is 10.9 Å². The Balaban J connectivity index is 0.000000892. The molecule has 1 atom stereocenters. The number of aromatic nitrogens is 3. The van der Waals surface area contributed by atoms with Crippen LogP contribution in [0.2, 0.25) is 0 Å². The van der Waals surface area contributed by atoms with E-state index in [-0.39, 0.29) is 30.0 Å². The number of aliphatic hydroxyl groups is 1. The SMILES string of the molecule is CC(C)(C)O.CCCC1c2ccc(-c3cc(C(=O)NCc4c(C)cc(C)[nH]c4=O)c(C)c(-c4ccnn4C)c3)cc2CN1C(C)=O. The maximum Gasteiger partial charge on any atom is 0.253 e. The minimum absolute atomic E-state index is 0.0802. The summed E-state index contributed by atoms with van der Waals surface area (Å²) in [6.07, 6.45) is 3.66. The molecule has 1 unspecified atom stereocenters. The van der Waals surface area contributed by atoms with Crippen molar-refractivity contribution in [1.82, 2.24) is 25.0 Å². The van der Waals surface area contributed by atoms with Gasteiger partial charge in [-0.2, -0.15) is 5.10 Å². The van der Waals surface area contributed by atoms with Crippen LogP contribution in [0.4, 0.5) is 0 Å². The van der Waals surface area contributed by atoms with E-state index in [9.17, 15) is 14.4 Å². The molecule has 2 aromatic carbocycles. The minimum Gasteiger partial charge on any atom is -0.391 e. The first-order valence-corrected chi connectivity index (χ1v) is 15.8. The molecule has 0 spiro atoms. The number of aromatic amines is 1. The van der Waals surface area contributed by atoms with Crippen molar-refractivity contribution in [1.29, 1.82) is 0 Å². The van der Waals surface area contributed by atoms with Crippen molar-refractivity contribution >= 4 is 11.8 Å². The van der Waals surface area contributed by atoms with E-state index >= 15 is 0 Å². The van der Waals surface area contributed by atoms with Gasteiger partial charge in [-0.15, -0.1) is 0 Å². The number of amides is 2. The van der Waals surface area contributed by atoms with Crippen molar-refractivity contribution in [2.45, 2.75) is 93.0 Å². The Labute approximate surface area is 271 Å². The second kappa shape index (κ2) is 13.9. The summed E-state index contributed by atoms with van der Waals surface area (Å²) in [6, 6.07) is 14.3. The zero-order chi connectivity index (χ0) is 33.9. The molecule has 2 amide bonds. The van der Waals surface area contributed by atoms with Gasteiger partial charge in [0.25, 0.3) is 11.5 Å². The molecule has 0 bridgehead atoms. The van der Waals surface area contributed by atoms with Crippen molar-refractivity contribution in [2.75, 3.05) is 0 Å². The van der Waals surface area contributed by atoms with Crippen molar-refractivity contribution in [3.63, 3.8) is 0 Å². The number of carbonyl (C=O) groups excluding carboxylic acids is 2. The predicted octanol–water partition coefficient (Wildman–Crippen LogP) is 6.28. The highest BCUT2D eigenvalue weighted by molar-refractivity contribution is 5.99. The molecule has 1 aliphatic rings. The molecule has 9 nitrogen and oxygen atoms in total. The zero-order valence-electron chi connectivity index (χ0n) is 28.5.